The first-order valence-electron chi connectivity index (χ1n) is 4.72. The van der Waals surface area contributed by atoms with Crippen molar-refractivity contribution < 1.29 is 8.42 Å². The molecule has 0 aliphatic rings. The molecule has 1 aromatic carbocycles. The van der Waals surface area contributed by atoms with E-state index in [-0.39, 0.29) is 10.6 Å². The molecule has 0 radical (unpaired) electrons. The molecule has 0 aromatic heterocycles. The molecule has 0 unspecified atom stereocenters. The predicted molar refractivity (Wildman–Crippen MR) is 65.5 cm³/mol. The van der Waals surface area contributed by atoms with E-state index < -0.39 is 10.0 Å². The Morgan fingerprint density at radius 3 is 2.62 bits per heavy atom. The third-order valence-electron chi connectivity index (χ3n) is 1.99. The van der Waals surface area contributed by atoms with E-state index in [1.165, 1.54) is 6.07 Å². The molecule has 0 fully saturated rings. The monoisotopic (exact) mass is 241 g/mol. The van der Waals surface area contributed by atoms with Gasteiger partial charge in [-0.25, -0.2) is 13.6 Å². The second kappa shape index (κ2) is 5.00. The van der Waals surface area contributed by atoms with Crippen LogP contribution in [-0.4, -0.2) is 15.0 Å². The highest BCUT2D eigenvalue weighted by molar-refractivity contribution is 7.89. The summed E-state index contributed by atoms with van der Waals surface area (Å²) in [5.41, 5.74) is 6.49. The average Bonchev–Trinajstić information content (AvgIpc) is 2.16. The maximum atomic E-state index is 11.1. The number of benzene rings is 1. The predicted octanol–water partition coefficient (Wildman–Crippen LogP) is 0.904. The van der Waals surface area contributed by atoms with E-state index in [0.717, 1.165) is 18.7 Å². The van der Waals surface area contributed by atoms with Crippen molar-refractivity contribution in [2.45, 2.75) is 11.3 Å². The van der Waals surface area contributed by atoms with Crippen molar-refractivity contribution in [3.05, 3.63) is 30.9 Å². The molecule has 1 rings (SSSR count). The van der Waals surface area contributed by atoms with Crippen molar-refractivity contribution >= 4 is 21.4 Å². The summed E-state index contributed by atoms with van der Waals surface area (Å²) in [4.78, 5) is -0.0539. The van der Waals surface area contributed by atoms with Gasteiger partial charge in [0.1, 0.15) is 4.90 Å². The lowest BCUT2D eigenvalue weighted by atomic mass is 10.2. The van der Waals surface area contributed by atoms with Crippen molar-refractivity contribution in [1.82, 2.24) is 0 Å². The molecule has 1 aromatic rings. The molecule has 0 atom stereocenters. The van der Waals surface area contributed by atoms with Crippen LogP contribution in [0.4, 0.5) is 11.4 Å². The van der Waals surface area contributed by atoms with Crippen LogP contribution in [0.3, 0.4) is 0 Å². The van der Waals surface area contributed by atoms with Gasteiger partial charge in [0.2, 0.25) is 10.0 Å². The van der Waals surface area contributed by atoms with Gasteiger partial charge in [0.15, 0.2) is 0 Å². The van der Waals surface area contributed by atoms with Gasteiger partial charge in [0.05, 0.1) is 5.69 Å². The zero-order valence-electron chi connectivity index (χ0n) is 8.81. The van der Waals surface area contributed by atoms with Gasteiger partial charge in [-0.05, 0) is 24.6 Å². The van der Waals surface area contributed by atoms with Crippen LogP contribution in [0.25, 0.3) is 0 Å². The Bertz CT molecular complexity index is 483. The average molecular weight is 241 g/mol. The summed E-state index contributed by atoms with van der Waals surface area (Å²) in [7, 11) is -3.74. The number of primary sulfonamides is 1. The fraction of sp³-hybridized carbons (Fsp3) is 0.200. The van der Waals surface area contributed by atoms with Gasteiger partial charge in [-0.2, -0.15) is 0 Å². The molecular formula is C10H15N3O2S. The molecule has 0 saturated heterocycles. The molecule has 88 valence electrons. The summed E-state index contributed by atoms with van der Waals surface area (Å²) in [5, 5.41) is 8.07. The number of nitrogens with two attached hydrogens (primary N) is 2. The Morgan fingerprint density at radius 1 is 1.44 bits per heavy atom. The molecule has 0 amide bonds. The van der Waals surface area contributed by atoms with E-state index in [4.69, 9.17) is 10.9 Å². The third kappa shape index (κ3) is 3.25. The minimum atomic E-state index is -3.74. The SMILES string of the molecule is C=CCCNc1ccc(S(N)(=O)=O)c(N)c1. The molecule has 0 aliphatic carbocycles. The summed E-state index contributed by atoms with van der Waals surface area (Å²) < 4.78 is 22.2. The number of sulfonamides is 1. The number of rotatable bonds is 5. The number of hydrogen-bond donors (Lipinski definition) is 3. The fourth-order valence-electron chi connectivity index (χ4n) is 1.24. The van der Waals surface area contributed by atoms with Gasteiger partial charge in [-0.3, -0.25) is 0 Å². The maximum Gasteiger partial charge on any atom is 0.240 e. The van der Waals surface area contributed by atoms with Crippen molar-refractivity contribution in [1.29, 1.82) is 0 Å². The number of nitrogen functional groups attached to an aromatic ring is 1. The van der Waals surface area contributed by atoms with Crippen LogP contribution >= 0.6 is 0 Å². The lowest BCUT2D eigenvalue weighted by Crippen LogP contribution is -2.14. The summed E-state index contributed by atoms with van der Waals surface area (Å²) in [6, 6.07) is 4.56. The van der Waals surface area contributed by atoms with Crippen LogP contribution in [-0.2, 0) is 10.0 Å². The molecule has 0 saturated carbocycles. The van der Waals surface area contributed by atoms with E-state index in [9.17, 15) is 8.42 Å². The van der Waals surface area contributed by atoms with Crippen molar-refractivity contribution in [2.24, 2.45) is 5.14 Å². The molecule has 6 heteroatoms. The molecular weight excluding hydrogens is 226 g/mol. The molecule has 5 nitrogen and oxygen atoms in total. The standard InChI is InChI=1S/C10H15N3O2S/c1-2-3-6-13-8-4-5-10(9(11)7-8)16(12,14)15/h2,4-5,7,13H,1,3,6,11H2,(H2,12,14,15). The molecule has 0 bridgehead atoms. The van der Waals surface area contributed by atoms with E-state index in [1.54, 1.807) is 18.2 Å². The van der Waals surface area contributed by atoms with E-state index >= 15 is 0 Å². The molecule has 16 heavy (non-hydrogen) atoms. The highest BCUT2D eigenvalue weighted by atomic mass is 32.2. The Hall–Kier alpha value is -1.53. The van der Waals surface area contributed by atoms with Gasteiger partial charge in [0, 0.05) is 12.2 Å². The van der Waals surface area contributed by atoms with Crippen molar-refractivity contribution in [2.75, 3.05) is 17.6 Å². The zero-order chi connectivity index (χ0) is 12.2. The van der Waals surface area contributed by atoms with Gasteiger partial charge in [0.25, 0.3) is 0 Å². The topological polar surface area (TPSA) is 98.2 Å². The Balaban J connectivity index is 2.87. The summed E-state index contributed by atoms with van der Waals surface area (Å²) in [6.07, 6.45) is 2.60. The Morgan fingerprint density at radius 2 is 2.12 bits per heavy atom. The summed E-state index contributed by atoms with van der Waals surface area (Å²) >= 11 is 0. The van der Waals surface area contributed by atoms with Crippen LogP contribution in [0.2, 0.25) is 0 Å². The fourth-order valence-corrected chi connectivity index (χ4v) is 1.88. The second-order valence-corrected chi connectivity index (χ2v) is 4.83. The molecule has 0 spiro atoms. The first-order valence-corrected chi connectivity index (χ1v) is 6.27. The number of hydrogen-bond acceptors (Lipinski definition) is 4. The summed E-state index contributed by atoms with van der Waals surface area (Å²) in [6.45, 7) is 4.32. The minimum absolute atomic E-state index is 0.0539. The highest BCUT2D eigenvalue weighted by Gasteiger charge is 2.11. The lowest BCUT2D eigenvalue weighted by molar-refractivity contribution is 0.598. The first-order chi connectivity index (χ1) is 7.45. The summed E-state index contributed by atoms with van der Waals surface area (Å²) in [5.74, 6) is 0. The van der Waals surface area contributed by atoms with E-state index in [0.29, 0.717) is 0 Å². The minimum Gasteiger partial charge on any atom is -0.398 e. The van der Waals surface area contributed by atoms with Crippen LogP contribution in [0, 0.1) is 0 Å². The van der Waals surface area contributed by atoms with E-state index in [1.807, 2.05) is 0 Å². The van der Waals surface area contributed by atoms with Gasteiger partial charge < -0.3 is 11.1 Å². The smallest absolute Gasteiger partial charge is 0.240 e. The van der Waals surface area contributed by atoms with Crippen molar-refractivity contribution in [3.8, 4) is 0 Å². The van der Waals surface area contributed by atoms with Crippen molar-refractivity contribution in [3.63, 3.8) is 0 Å². The normalized spacial score (nSPS) is 11.1. The van der Waals surface area contributed by atoms with Crippen LogP contribution < -0.4 is 16.2 Å². The highest BCUT2D eigenvalue weighted by Crippen LogP contribution is 2.21. The molecule has 0 heterocycles. The Kier molecular flexibility index (Phi) is 3.92. The van der Waals surface area contributed by atoms with Gasteiger partial charge in [-0.15, -0.1) is 6.58 Å². The first kappa shape index (κ1) is 12.5. The van der Waals surface area contributed by atoms with Gasteiger partial charge >= 0.3 is 0 Å². The third-order valence-corrected chi connectivity index (χ3v) is 2.98. The molecule has 0 aliphatic heterocycles. The second-order valence-electron chi connectivity index (χ2n) is 3.30. The van der Waals surface area contributed by atoms with E-state index in [2.05, 4.69) is 11.9 Å². The van der Waals surface area contributed by atoms with Crippen LogP contribution in [0.5, 0.6) is 0 Å². The van der Waals surface area contributed by atoms with Crippen LogP contribution in [0.1, 0.15) is 6.42 Å². The number of nitrogens with one attached hydrogen (secondary N) is 1. The quantitative estimate of drug-likeness (QED) is 0.405. The van der Waals surface area contributed by atoms with Gasteiger partial charge in [-0.1, -0.05) is 6.08 Å². The zero-order valence-corrected chi connectivity index (χ0v) is 9.63. The maximum absolute atomic E-state index is 11.1. The number of anilines is 2. The lowest BCUT2D eigenvalue weighted by Gasteiger charge is -2.08. The Labute approximate surface area is 95.2 Å². The molecule has 5 N–H and O–H groups in total. The van der Waals surface area contributed by atoms with Crippen LogP contribution in [0.15, 0.2) is 35.7 Å². The largest absolute Gasteiger partial charge is 0.398 e.